The van der Waals surface area contributed by atoms with Crippen molar-refractivity contribution in [1.29, 1.82) is 0 Å². The van der Waals surface area contributed by atoms with Crippen LogP contribution in [0.4, 0.5) is 11.4 Å². The standard InChI is InChI=1S/C81H79N2OSi/c1-7-57-24-28-59(29-25-57)60-32-42-69(43-33-60)83-78-48-36-63(61-30-38-65(39-31-61)80(3,4)5)54-74(78)75-55-64(37-49-79(75)83)62-34-40-68(41-35-62)82(67-20-13-10-14-21-67)70-44-47-73-72-22-15-16-23-76(72)81(77(73)56-70,66-18-11-9-12-19-66)50-17-52-85(6)53-51-84-71-45-26-58(8-2)27-46-71/h7-9,11-13,15-16,18-35,37-42,44-49,54-56,63,69,72,76H,1-2,10,14,17,36,43,50-53H2,3-6H3. The molecule has 4 heteroatoms. The molecule has 3 nitrogen and oxygen atoms in total. The Bertz CT molecular complexity index is 4100. The van der Waals surface area contributed by atoms with E-state index in [1.165, 1.54) is 101 Å². The first kappa shape index (κ1) is 55.7. The van der Waals surface area contributed by atoms with Gasteiger partial charge in [0.2, 0.25) is 0 Å². The van der Waals surface area contributed by atoms with Crippen LogP contribution >= 0.6 is 0 Å². The Morgan fingerprint density at radius 1 is 0.682 bits per heavy atom. The quantitative estimate of drug-likeness (QED) is 0.0797. The van der Waals surface area contributed by atoms with Crippen molar-refractivity contribution < 1.29 is 4.74 Å². The summed E-state index contributed by atoms with van der Waals surface area (Å²) in [5, 5.41) is 3.99. The summed E-state index contributed by atoms with van der Waals surface area (Å²) in [5.41, 5.74) is 19.1. The molecule has 8 aromatic rings. The van der Waals surface area contributed by atoms with E-state index in [0.717, 1.165) is 61.6 Å². The number of hydrogen-bond donors (Lipinski definition) is 0. The molecule has 423 valence electrons. The van der Waals surface area contributed by atoms with E-state index < -0.39 is 8.80 Å². The molecule has 0 saturated heterocycles. The topological polar surface area (TPSA) is 17.4 Å². The Morgan fingerprint density at radius 2 is 1.41 bits per heavy atom. The average Bonchev–Trinajstić information content (AvgIpc) is 1.90. The largest absolute Gasteiger partial charge is 0.494 e. The Kier molecular flexibility index (Phi) is 15.7. The predicted molar refractivity (Wildman–Crippen MR) is 365 cm³/mol. The van der Waals surface area contributed by atoms with Crippen LogP contribution in [0.2, 0.25) is 18.6 Å². The van der Waals surface area contributed by atoms with Crippen molar-refractivity contribution in [3.63, 3.8) is 0 Å². The van der Waals surface area contributed by atoms with Crippen molar-refractivity contribution in [2.24, 2.45) is 5.92 Å². The summed E-state index contributed by atoms with van der Waals surface area (Å²) < 4.78 is 8.88. The SMILES string of the molecule is C=Cc1ccc(OCC[Si](C)CCCC2(c3ccccc3)c3cc(N(C4=CCCC=C4)c4ccc(-c5ccc6c(c5)c5c(n6C6C=CC(c7ccc(C=C)cc7)=CC6)=CCC(c6ccc(C(C)(C)C)cc6)C=5)cc4)ccc3C3C=CC=CC32)cc1. The lowest BCUT2D eigenvalue weighted by Gasteiger charge is -2.39. The van der Waals surface area contributed by atoms with E-state index in [-0.39, 0.29) is 16.9 Å². The zero-order chi connectivity index (χ0) is 58.1. The summed E-state index contributed by atoms with van der Waals surface area (Å²) in [6.07, 6.45) is 39.0. The summed E-state index contributed by atoms with van der Waals surface area (Å²) in [7, 11) is -0.626. The Morgan fingerprint density at radius 3 is 2.13 bits per heavy atom. The van der Waals surface area contributed by atoms with Crippen LogP contribution in [-0.2, 0) is 10.8 Å². The number of nitrogens with zero attached hydrogens (tertiary/aromatic N) is 2. The molecular weight excluding hydrogens is 1040 g/mol. The molecule has 7 aromatic carbocycles. The van der Waals surface area contributed by atoms with Gasteiger partial charge in [-0.15, -0.1) is 0 Å². The van der Waals surface area contributed by atoms with Crippen molar-refractivity contribution in [1.82, 2.24) is 4.57 Å². The molecule has 0 bridgehead atoms. The van der Waals surface area contributed by atoms with Gasteiger partial charge in [0.05, 0.1) is 12.6 Å². The number of anilines is 2. The molecule has 0 spiro atoms. The highest BCUT2D eigenvalue weighted by Crippen LogP contribution is 2.59. The van der Waals surface area contributed by atoms with Gasteiger partial charge in [0.25, 0.3) is 0 Å². The fourth-order valence-electron chi connectivity index (χ4n) is 14.4. The van der Waals surface area contributed by atoms with E-state index in [9.17, 15) is 0 Å². The molecule has 5 aliphatic rings. The Balaban J connectivity index is 0.833. The number of allylic oxidation sites excluding steroid dienone is 11. The van der Waals surface area contributed by atoms with Crippen molar-refractivity contribution >= 4 is 61.0 Å². The van der Waals surface area contributed by atoms with Gasteiger partial charge in [0.1, 0.15) is 5.75 Å². The molecule has 1 radical (unpaired) electrons. The van der Waals surface area contributed by atoms with Crippen LogP contribution in [0.3, 0.4) is 0 Å². The van der Waals surface area contributed by atoms with Gasteiger partial charge in [-0.3, -0.25) is 0 Å². The van der Waals surface area contributed by atoms with Crippen LogP contribution in [0, 0.1) is 5.92 Å². The summed E-state index contributed by atoms with van der Waals surface area (Å²) in [6.45, 7) is 18.0. The highest BCUT2D eigenvalue weighted by Gasteiger charge is 2.51. The molecule has 13 rings (SSSR count). The van der Waals surface area contributed by atoms with Gasteiger partial charge in [0, 0.05) is 70.5 Å². The fourth-order valence-corrected chi connectivity index (χ4v) is 15.9. The Labute approximate surface area is 506 Å². The first-order chi connectivity index (χ1) is 41.6. The molecule has 0 amide bonds. The normalized spacial score (nSPS) is 20.2. The van der Waals surface area contributed by atoms with Gasteiger partial charge in [-0.05, 0) is 159 Å². The van der Waals surface area contributed by atoms with Crippen molar-refractivity contribution in [3.05, 3.63) is 298 Å². The predicted octanol–water partition coefficient (Wildman–Crippen LogP) is 19.7. The lowest BCUT2D eigenvalue weighted by atomic mass is 9.64. The molecule has 5 aliphatic carbocycles. The van der Waals surface area contributed by atoms with Gasteiger partial charge < -0.3 is 14.2 Å². The van der Waals surface area contributed by atoms with Crippen molar-refractivity contribution in [2.45, 2.75) is 107 Å². The van der Waals surface area contributed by atoms with Gasteiger partial charge in [-0.25, -0.2) is 0 Å². The van der Waals surface area contributed by atoms with E-state index in [4.69, 9.17) is 4.74 Å². The van der Waals surface area contributed by atoms with E-state index in [2.05, 4.69) is 287 Å². The average molecular weight is 1120 g/mol. The number of rotatable bonds is 18. The molecule has 5 unspecified atom stereocenters. The second-order valence-electron chi connectivity index (χ2n) is 25.2. The minimum Gasteiger partial charge on any atom is -0.494 e. The molecule has 85 heavy (non-hydrogen) atoms. The third kappa shape index (κ3) is 11.0. The highest BCUT2D eigenvalue weighted by molar-refractivity contribution is 6.57. The maximum absolute atomic E-state index is 6.26. The first-order valence-electron chi connectivity index (χ1n) is 31.1. The van der Waals surface area contributed by atoms with Gasteiger partial charge in [0.15, 0.2) is 0 Å². The van der Waals surface area contributed by atoms with Crippen LogP contribution in [0.25, 0.3) is 51.9 Å². The lowest BCUT2D eigenvalue weighted by Crippen LogP contribution is -2.34. The molecule has 0 fully saturated rings. The molecule has 0 N–H and O–H groups in total. The third-order valence-electron chi connectivity index (χ3n) is 19.0. The number of aromatic nitrogens is 1. The second kappa shape index (κ2) is 23.9. The third-order valence-corrected chi connectivity index (χ3v) is 21.3. The Hall–Kier alpha value is -8.44. The molecule has 1 aromatic heterocycles. The monoisotopic (exact) mass is 1120 g/mol. The van der Waals surface area contributed by atoms with E-state index >= 15 is 0 Å². The molecule has 5 atom stereocenters. The summed E-state index contributed by atoms with van der Waals surface area (Å²) >= 11 is 0. The number of hydrogen-bond acceptors (Lipinski definition) is 2. The van der Waals surface area contributed by atoms with Crippen molar-refractivity contribution in [2.75, 3.05) is 11.5 Å². The smallest absolute Gasteiger partial charge is 0.119 e. The minimum absolute atomic E-state index is 0.110. The van der Waals surface area contributed by atoms with E-state index in [0.29, 0.717) is 17.8 Å². The van der Waals surface area contributed by atoms with Crippen LogP contribution in [0.1, 0.15) is 122 Å². The van der Waals surface area contributed by atoms with Gasteiger partial charge in [-0.1, -0.05) is 247 Å². The first-order valence-corrected chi connectivity index (χ1v) is 33.5. The summed E-state index contributed by atoms with van der Waals surface area (Å²) in [5.74, 6) is 1.89. The zero-order valence-electron chi connectivity index (χ0n) is 50.1. The highest BCUT2D eigenvalue weighted by atomic mass is 28.3. The van der Waals surface area contributed by atoms with Gasteiger partial charge in [-0.2, -0.15) is 0 Å². The number of benzene rings is 7. The van der Waals surface area contributed by atoms with E-state index in [1.807, 2.05) is 12.2 Å². The van der Waals surface area contributed by atoms with Crippen LogP contribution in [0.15, 0.2) is 243 Å². The minimum atomic E-state index is -0.626. The summed E-state index contributed by atoms with van der Waals surface area (Å²) in [4.78, 5) is 2.52. The summed E-state index contributed by atoms with van der Waals surface area (Å²) in [6, 6.07) is 64.6. The lowest BCUT2D eigenvalue weighted by molar-refractivity contribution is 0.338. The molecule has 0 saturated carbocycles. The molecule has 1 heterocycles. The number of fused-ring (bicyclic) bond motifs is 6. The maximum atomic E-state index is 6.26. The zero-order valence-corrected chi connectivity index (χ0v) is 51.1. The van der Waals surface area contributed by atoms with E-state index in [1.54, 1.807) is 0 Å². The van der Waals surface area contributed by atoms with Crippen LogP contribution in [0.5, 0.6) is 5.75 Å². The van der Waals surface area contributed by atoms with Crippen LogP contribution < -0.4 is 20.2 Å². The fraction of sp³-hybridized carbons (Fsp3) is 0.235. The maximum Gasteiger partial charge on any atom is 0.119 e. The van der Waals surface area contributed by atoms with Crippen molar-refractivity contribution in [3.8, 4) is 16.9 Å². The van der Waals surface area contributed by atoms with Gasteiger partial charge >= 0.3 is 0 Å². The second-order valence-corrected chi connectivity index (χ2v) is 28.2. The molecule has 0 aliphatic heterocycles. The number of ether oxygens (including phenoxy) is 1. The molecular formula is C81H79N2OSi. The van der Waals surface area contributed by atoms with Crippen LogP contribution in [-0.4, -0.2) is 20.0 Å².